The van der Waals surface area contributed by atoms with E-state index in [-0.39, 0.29) is 17.4 Å². The van der Waals surface area contributed by atoms with Crippen LogP contribution in [0.25, 0.3) is 5.69 Å². The molecular weight excluding hydrogens is 398 g/mol. The summed E-state index contributed by atoms with van der Waals surface area (Å²) < 4.78 is 1.67. The molecule has 0 atom stereocenters. The average Bonchev–Trinajstić information content (AvgIpc) is 3.14. The SMILES string of the molecule is Cc1cccc(C)c1-n1nnnc1SCC(=O)c1ccc(NC(=O)C(C)(C)C)cc1. The lowest BCUT2D eigenvalue weighted by Crippen LogP contribution is -2.27. The average molecular weight is 424 g/mol. The van der Waals surface area contributed by atoms with Crippen LogP contribution in [0.1, 0.15) is 42.3 Å². The van der Waals surface area contributed by atoms with Crippen molar-refractivity contribution >= 4 is 29.1 Å². The highest BCUT2D eigenvalue weighted by Gasteiger charge is 2.21. The summed E-state index contributed by atoms with van der Waals surface area (Å²) in [5.41, 5.74) is 3.80. The first kappa shape index (κ1) is 21.7. The molecular formula is C22H25N5O2S. The number of ketones is 1. The largest absolute Gasteiger partial charge is 0.326 e. The number of carbonyl (C=O) groups excluding carboxylic acids is 2. The van der Waals surface area contributed by atoms with Crippen molar-refractivity contribution in [2.24, 2.45) is 5.41 Å². The third kappa shape index (κ3) is 4.94. The first-order valence-electron chi connectivity index (χ1n) is 9.59. The highest BCUT2D eigenvalue weighted by molar-refractivity contribution is 7.99. The normalized spacial score (nSPS) is 11.4. The van der Waals surface area contributed by atoms with Crippen LogP contribution in [0, 0.1) is 19.3 Å². The van der Waals surface area contributed by atoms with E-state index in [2.05, 4.69) is 20.8 Å². The first-order valence-corrected chi connectivity index (χ1v) is 10.6. The molecule has 0 bridgehead atoms. The minimum atomic E-state index is -0.482. The smallest absolute Gasteiger partial charge is 0.229 e. The topological polar surface area (TPSA) is 89.8 Å². The summed E-state index contributed by atoms with van der Waals surface area (Å²) in [6, 6.07) is 12.9. The zero-order valence-electron chi connectivity index (χ0n) is 17.8. The highest BCUT2D eigenvalue weighted by atomic mass is 32.2. The number of aromatic nitrogens is 4. The molecule has 0 saturated heterocycles. The van der Waals surface area contributed by atoms with E-state index in [0.29, 0.717) is 16.4 Å². The lowest BCUT2D eigenvalue weighted by Gasteiger charge is -2.17. The maximum atomic E-state index is 12.6. The van der Waals surface area contributed by atoms with Gasteiger partial charge in [0, 0.05) is 16.7 Å². The molecule has 0 aliphatic rings. The second-order valence-corrected chi connectivity index (χ2v) is 9.05. The van der Waals surface area contributed by atoms with Gasteiger partial charge in [0.15, 0.2) is 5.78 Å². The summed E-state index contributed by atoms with van der Waals surface area (Å²) in [4.78, 5) is 24.7. The molecule has 2 aromatic carbocycles. The van der Waals surface area contributed by atoms with Crippen molar-refractivity contribution in [3.8, 4) is 5.69 Å². The zero-order valence-corrected chi connectivity index (χ0v) is 18.6. The molecule has 0 fully saturated rings. The van der Waals surface area contributed by atoms with Gasteiger partial charge < -0.3 is 5.32 Å². The Balaban J connectivity index is 1.67. The number of tetrazole rings is 1. The molecule has 1 amide bonds. The van der Waals surface area contributed by atoms with E-state index in [1.54, 1.807) is 28.9 Å². The van der Waals surface area contributed by atoms with Crippen molar-refractivity contribution in [1.29, 1.82) is 0 Å². The van der Waals surface area contributed by atoms with E-state index < -0.39 is 5.41 Å². The molecule has 3 aromatic rings. The van der Waals surface area contributed by atoms with Crippen molar-refractivity contribution in [1.82, 2.24) is 20.2 Å². The van der Waals surface area contributed by atoms with E-state index in [9.17, 15) is 9.59 Å². The summed E-state index contributed by atoms with van der Waals surface area (Å²) in [5.74, 6) is 0.0964. The van der Waals surface area contributed by atoms with Gasteiger partial charge in [0.1, 0.15) is 0 Å². The standard InChI is InChI=1S/C22H25N5O2S/c1-14-7-6-8-15(2)19(14)27-21(24-25-26-27)30-13-18(28)16-9-11-17(12-10-16)23-20(29)22(3,4)5/h6-12H,13H2,1-5H3,(H,23,29). The Morgan fingerprint density at radius 3 is 2.27 bits per heavy atom. The number of nitrogens with zero attached hydrogens (tertiary/aromatic N) is 4. The van der Waals surface area contributed by atoms with Gasteiger partial charge in [0.2, 0.25) is 11.1 Å². The number of para-hydroxylation sites is 1. The van der Waals surface area contributed by atoms with Gasteiger partial charge in [0.05, 0.1) is 11.4 Å². The van der Waals surface area contributed by atoms with Crippen LogP contribution in [-0.2, 0) is 4.79 Å². The molecule has 0 radical (unpaired) electrons. The van der Waals surface area contributed by atoms with Crippen molar-refractivity contribution in [3.63, 3.8) is 0 Å². The number of hydrogen-bond donors (Lipinski definition) is 1. The quantitative estimate of drug-likeness (QED) is 0.471. The van der Waals surface area contributed by atoms with Crippen molar-refractivity contribution < 1.29 is 9.59 Å². The van der Waals surface area contributed by atoms with Crippen LogP contribution in [0.4, 0.5) is 5.69 Å². The Morgan fingerprint density at radius 2 is 1.67 bits per heavy atom. The molecule has 1 heterocycles. The fourth-order valence-electron chi connectivity index (χ4n) is 2.82. The van der Waals surface area contributed by atoms with E-state index in [0.717, 1.165) is 16.8 Å². The van der Waals surface area contributed by atoms with Gasteiger partial charge in [-0.05, 0) is 59.7 Å². The number of anilines is 1. The van der Waals surface area contributed by atoms with Crippen LogP contribution in [0.5, 0.6) is 0 Å². The molecule has 3 rings (SSSR count). The summed E-state index contributed by atoms with van der Waals surface area (Å²) in [7, 11) is 0. The molecule has 7 nitrogen and oxygen atoms in total. The predicted octanol–water partition coefficient (Wildman–Crippen LogP) is 4.24. The molecule has 0 spiro atoms. The van der Waals surface area contributed by atoms with Crippen LogP contribution >= 0.6 is 11.8 Å². The van der Waals surface area contributed by atoms with E-state index in [1.807, 2.05) is 52.8 Å². The Kier molecular flexibility index (Phi) is 6.36. The summed E-state index contributed by atoms with van der Waals surface area (Å²) >= 11 is 1.29. The third-order valence-corrected chi connectivity index (χ3v) is 5.49. The monoisotopic (exact) mass is 423 g/mol. The van der Waals surface area contributed by atoms with E-state index in [4.69, 9.17) is 0 Å². The molecule has 1 N–H and O–H groups in total. The fraction of sp³-hybridized carbons (Fsp3) is 0.318. The molecule has 8 heteroatoms. The van der Waals surface area contributed by atoms with Crippen molar-refractivity contribution in [2.45, 2.75) is 39.8 Å². The van der Waals surface area contributed by atoms with E-state index in [1.165, 1.54) is 11.8 Å². The molecule has 0 aliphatic carbocycles. The second-order valence-electron chi connectivity index (χ2n) is 8.11. The Morgan fingerprint density at radius 1 is 1.03 bits per heavy atom. The van der Waals surface area contributed by atoms with Gasteiger partial charge in [-0.25, -0.2) is 0 Å². The lowest BCUT2D eigenvalue weighted by molar-refractivity contribution is -0.123. The van der Waals surface area contributed by atoms with Crippen LogP contribution in [-0.4, -0.2) is 37.7 Å². The summed E-state index contributed by atoms with van der Waals surface area (Å²) in [6.45, 7) is 9.56. The molecule has 1 aromatic heterocycles. The van der Waals surface area contributed by atoms with Gasteiger partial charge in [0.25, 0.3) is 0 Å². The number of hydrogen-bond acceptors (Lipinski definition) is 6. The number of amides is 1. The Bertz CT molecular complexity index is 1050. The summed E-state index contributed by atoms with van der Waals surface area (Å²) in [6.07, 6.45) is 0. The number of Topliss-reactive ketones (excluding diaryl/α,β-unsaturated/α-hetero) is 1. The van der Waals surface area contributed by atoms with Crippen LogP contribution < -0.4 is 5.32 Å². The lowest BCUT2D eigenvalue weighted by atomic mass is 9.95. The maximum Gasteiger partial charge on any atom is 0.229 e. The molecule has 0 unspecified atom stereocenters. The Hall–Kier alpha value is -3.00. The van der Waals surface area contributed by atoms with Crippen molar-refractivity contribution in [2.75, 3.05) is 11.1 Å². The number of rotatable bonds is 6. The fourth-order valence-corrected chi connectivity index (χ4v) is 3.59. The van der Waals surface area contributed by atoms with Crippen LogP contribution in [0.15, 0.2) is 47.6 Å². The van der Waals surface area contributed by atoms with Gasteiger partial charge >= 0.3 is 0 Å². The third-order valence-electron chi connectivity index (χ3n) is 4.57. The summed E-state index contributed by atoms with van der Waals surface area (Å²) in [5, 5.41) is 15.4. The van der Waals surface area contributed by atoms with Gasteiger partial charge in [-0.3, -0.25) is 9.59 Å². The van der Waals surface area contributed by atoms with Crippen LogP contribution in [0.3, 0.4) is 0 Å². The molecule has 0 saturated carbocycles. The Labute approximate surface area is 180 Å². The number of thioether (sulfide) groups is 1. The van der Waals surface area contributed by atoms with Gasteiger partial charge in [-0.15, -0.1) is 5.10 Å². The number of aryl methyl sites for hydroxylation is 2. The maximum absolute atomic E-state index is 12.6. The predicted molar refractivity (Wildman–Crippen MR) is 118 cm³/mol. The van der Waals surface area contributed by atoms with Gasteiger partial charge in [-0.1, -0.05) is 50.7 Å². The second kappa shape index (κ2) is 8.79. The molecule has 0 aliphatic heterocycles. The highest BCUT2D eigenvalue weighted by Crippen LogP contribution is 2.24. The zero-order chi connectivity index (χ0) is 21.9. The van der Waals surface area contributed by atoms with Crippen LogP contribution in [0.2, 0.25) is 0 Å². The number of benzene rings is 2. The minimum absolute atomic E-state index is 0.0373. The first-order chi connectivity index (χ1) is 14.2. The van der Waals surface area contributed by atoms with E-state index >= 15 is 0 Å². The minimum Gasteiger partial charge on any atom is -0.326 e. The van der Waals surface area contributed by atoms with Gasteiger partial charge in [-0.2, -0.15) is 4.68 Å². The molecule has 156 valence electrons. The van der Waals surface area contributed by atoms with Crippen molar-refractivity contribution in [3.05, 3.63) is 59.2 Å². The number of nitrogens with one attached hydrogen (secondary N) is 1. The molecule has 30 heavy (non-hydrogen) atoms. The number of carbonyl (C=O) groups is 2.